The van der Waals surface area contributed by atoms with Crippen molar-refractivity contribution in [1.29, 1.82) is 0 Å². The van der Waals surface area contributed by atoms with Crippen LogP contribution in [0.5, 0.6) is 0 Å². The molecule has 2 aromatic carbocycles. The fraction of sp³-hybridized carbons (Fsp3) is 0.217. The van der Waals surface area contributed by atoms with Gasteiger partial charge in [0.05, 0.1) is 12.1 Å². The van der Waals surface area contributed by atoms with E-state index in [1.165, 1.54) is 12.1 Å². The molecule has 0 unspecified atom stereocenters. The lowest BCUT2D eigenvalue weighted by Gasteiger charge is -2.14. The zero-order valence-electron chi connectivity index (χ0n) is 16.8. The van der Waals surface area contributed by atoms with Crippen molar-refractivity contribution in [2.45, 2.75) is 20.4 Å². The fourth-order valence-corrected chi connectivity index (χ4v) is 3.72. The van der Waals surface area contributed by atoms with Gasteiger partial charge in [0.15, 0.2) is 0 Å². The van der Waals surface area contributed by atoms with Gasteiger partial charge in [-0.1, -0.05) is 12.1 Å². The maximum Gasteiger partial charge on any atom is 0.414 e. The van der Waals surface area contributed by atoms with Gasteiger partial charge in [0.2, 0.25) is 0 Å². The third-order valence-electron chi connectivity index (χ3n) is 5.20. The largest absolute Gasteiger partial charge is 0.447 e. The topological polar surface area (TPSA) is 63.6 Å². The average molecular weight is 407 g/mol. The van der Waals surface area contributed by atoms with Crippen LogP contribution in [0.15, 0.2) is 54.6 Å². The highest BCUT2D eigenvalue weighted by molar-refractivity contribution is 5.96. The molecule has 0 bridgehead atoms. The lowest BCUT2D eigenvalue weighted by molar-refractivity contribution is 0.0950. The van der Waals surface area contributed by atoms with E-state index in [9.17, 15) is 14.0 Å². The summed E-state index contributed by atoms with van der Waals surface area (Å²) < 4.78 is 20.1. The van der Waals surface area contributed by atoms with Gasteiger partial charge in [-0.2, -0.15) is 0 Å². The number of rotatable bonds is 5. The van der Waals surface area contributed by atoms with Crippen LogP contribution in [0.3, 0.4) is 0 Å². The van der Waals surface area contributed by atoms with Crippen LogP contribution in [0, 0.1) is 19.7 Å². The summed E-state index contributed by atoms with van der Waals surface area (Å²) in [7, 11) is 0. The van der Waals surface area contributed by atoms with Crippen molar-refractivity contribution in [3.63, 3.8) is 0 Å². The van der Waals surface area contributed by atoms with Crippen LogP contribution in [0.4, 0.5) is 14.9 Å². The zero-order chi connectivity index (χ0) is 21.3. The summed E-state index contributed by atoms with van der Waals surface area (Å²) >= 11 is 0. The van der Waals surface area contributed by atoms with Crippen LogP contribution >= 0.6 is 0 Å². The van der Waals surface area contributed by atoms with Crippen molar-refractivity contribution in [1.82, 2.24) is 9.88 Å². The lowest BCUT2D eigenvalue weighted by Crippen LogP contribution is -2.25. The maximum atomic E-state index is 13.2. The second-order valence-corrected chi connectivity index (χ2v) is 7.22. The van der Waals surface area contributed by atoms with E-state index < -0.39 is 0 Å². The van der Waals surface area contributed by atoms with E-state index in [0.29, 0.717) is 25.3 Å². The Labute approximate surface area is 173 Å². The Balaban J connectivity index is 1.49. The molecule has 0 aliphatic carbocycles. The van der Waals surface area contributed by atoms with E-state index in [2.05, 4.69) is 5.32 Å². The van der Waals surface area contributed by atoms with Gasteiger partial charge >= 0.3 is 6.09 Å². The van der Waals surface area contributed by atoms with E-state index in [1.807, 2.05) is 48.7 Å². The minimum atomic E-state index is -0.357. The molecule has 0 spiro atoms. The number of halogens is 1. The zero-order valence-corrected chi connectivity index (χ0v) is 16.8. The second kappa shape index (κ2) is 8.02. The van der Waals surface area contributed by atoms with E-state index >= 15 is 0 Å². The summed E-state index contributed by atoms with van der Waals surface area (Å²) in [5.74, 6) is -0.494. The number of ether oxygens (including phenoxy) is 1. The number of nitrogens with one attached hydrogen (secondary N) is 1. The van der Waals surface area contributed by atoms with Gasteiger partial charge in [-0.05, 0) is 61.9 Å². The number of anilines is 1. The predicted molar refractivity (Wildman–Crippen MR) is 112 cm³/mol. The van der Waals surface area contributed by atoms with Crippen LogP contribution in [-0.2, 0) is 11.3 Å². The second-order valence-electron chi connectivity index (χ2n) is 7.22. The molecule has 0 saturated carbocycles. The molecule has 0 atom stereocenters. The molecule has 1 aliphatic rings. The van der Waals surface area contributed by atoms with Crippen molar-refractivity contribution >= 4 is 17.7 Å². The van der Waals surface area contributed by atoms with Crippen molar-refractivity contribution in [3.05, 3.63) is 82.9 Å². The molecule has 2 heterocycles. The third kappa shape index (κ3) is 3.78. The van der Waals surface area contributed by atoms with Gasteiger partial charge in [0.1, 0.15) is 12.4 Å². The molecule has 7 heteroatoms. The van der Waals surface area contributed by atoms with Crippen LogP contribution in [0.2, 0.25) is 0 Å². The molecule has 2 amide bonds. The molecular formula is C23H22FN3O3. The Hall–Kier alpha value is -3.61. The Kier molecular flexibility index (Phi) is 5.27. The fourth-order valence-electron chi connectivity index (χ4n) is 3.72. The molecule has 1 fully saturated rings. The number of amides is 2. The number of carbonyl (C=O) groups is 2. The number of carbonyl (C=O) groups excluding carboxylic acids is 2. The summed E-state index contributed by atoms with van der Waals surface area (Å²) in [6.07, 6.45) is -0.357. The third-order valence-corrected chi connectivity index (χ3v) is 5.20. The van der Waals surface area contributed by atoms with Gasteiger partial charge in [0, 0.05) is 29.3 Å². The molecule has 1 saturated heterocycles. The number of aromatic nitrogens is 1. The number of cyclic esters (lactones) is 1. The van der Waals surface area contributed by atoms with Crippen LogP contribution < -0.4 is 10.2 Å². The predicted octanol–water partition coefficient (Wildman–Crippen LogP) is 4.12. The first kappa shape index (κ1) is 19.7. The van der Waals surface area contributed by atoms with Crippen molar-refractivity contribution in [2.24, 2.45) is 0 Å². The Bertz CT molecular complexity index is 1110. The Morgan fingerprint density at radius 1 is 1.10 bits per heavy atom. The quantitative estimate of drug-likeness (QED) is 0.692. The summed E-state index contributed by atoms with van der Waals surface area (Å²) in [6.45, 7) is 5.00. The number of hydrogen-bond donors (Lipinski definition) is 1. The first-order chi connectivity index (χ1) is 14.4. The lowest BCUT2D eigenvalue weighted by atomic mass is 10.1. The van der Waals surface area contributed by atoms with Gasteiger partial charge < -0.3 is 14.6 Å². The highest BCUT2D eigenvalue weighted by Crippen LogP contribution is 2.22. The van der Waals surface area contributed by atoms with Crippen molar-refractivity contribution < 1.29 is 18.7 Å². The molecule has 0 radical (unpaired) electrons. The number of aryl methyl sites for hydroxylation is 1. The molecule has 30 heavy (non-hydrogen) atoms. The normalized spacial score (nSPS) is 13.4. The molecular weight excluding hydrogens is 385 g/mol. The van der Waals surface area contributed by atoms with Crippen LogP contribution in [0.25, 0.3) is 5.69 Å². The van der Waals surface area contributed by atoms with E-state index in [1.54, 1.807) is 17.0 Å². The highest BCUT2D eigenvalue weighted by atomic mass is 19.1. The van der Waals surface area contributed by atoms with Gasteiger partial charge in [-0.25, -0.2) is 9.18 Å². The van der Waals surface area contributed by atoms with E-state index in [-0.39, 0.29) is 17.8 Å². The minimum absolute atomic E-state index is 0.192. The summed E-state index contributed by atoms with van der Waals surface area (Å²) in [4.78, 5) is 26.1. The first-order valence-corrected chi connectivity index (χ1v) is 9.70. The number of hydrogen-bond acceptors (Lipinski definition) is 3. The standard InChI is InChI=1S/C23H22FN3O3/c1-15-12-21(16(2)27(15)19-8-6-18(24)7-9-19)22(28)25-14-17-4-3-5-20(13-17)26-10-11-30-23(26)29/h3-9,12-13H,10-11,14H2,1-2H3,(H,25,28). The highest BCUT2D eigenvalue weighted by Gasteiger charge is 2.23. The molecule has 3 aromatic rings. The van der Waals surface area contributed by atoms with Gasteiger partial charge in [0.25, 0.3) is 5.91 Å². The molecule has 6 nitrogen and oxygen atoms in total. The Morgan fingerprint density at radius 2 is 1.87 bits per heavy atom. The molecule has 1 aliphatic heterocycles. The number of benzene rings is 2. The minimum Gasteiger partial charge on any atom is -0.447 e. The van der Waals surface area contributed by atoms with E-state index in [0.717, 1.165) is 28.3 Å². The van der Waals surface area contributed by atoms with Gasteiger partial charge in [-0.15, -0.1) is 0 Å². The summed E-state index contributed by atoms with van der Waals surface area (Å²) in [5.41, 5.74) is 4.67. The van der Waals surface area contributed by atoms with Crippen molar-refractivity contribution in [2.75, 3.05) is 18.1 Å². The maximum absolute atomic E-state index is 13.2. The van der Waals surface area contributed by atoms with Crippen LogP contribution in [0.1, 0.15) is 27.3 Å². The Morgan fingerprint density at radius 3 is 2.57 bits per heavy atom. The monoisotopic (exact) mass is 407 g/mol. The molecule has 4 rings (SSSR count). The molecule has 154 valence electrons. The van der Waals surface area contributed by atoms with E-state index in [4.69, 9.17) is 4.74 Å². The molecule has 1 N–H and O–H groups in total. The number of nitrogens with zero attached hydrogens (tertiary/aromatic N) is 2. The molecule has 1 aromatic heterocycles. The van der Waals surface area contributed by atoms with Gasteiger partial charge in [-0.3, -0.25) is 9.69 Å². The van der Waals surface area contributed by atoms with Crippen molar-refractivity contribution in [3.8, 4) is 5.69 Å². The summed E-state index contributed by atoms with van der Waals surface area (Å²) in [6, 6.07) is 15.5. The summed E-state index contributed by atoms with van der Waals surface area (Å²) in [5, 5.41) is 2.94. The smallest absolute Gasteiger partial charge is 0.414 e. The van der Waals surface area contributed by atoms with Crippen LogP contribution in [-0.4, -0.2) is 29.7 Å². The first-order valence-electron chi connectivity index (χ1n) is 9.70. The SMILES string of the molecule is Cc1cc(C(=O)NCc2cccc(N3CCOC3=O)c2)c(C)n1-c1ccc(F)cc1. The average Bonchev–Trinajstić information content (AvgIpc) is 3.30.